The maximum Gasteiger partial charge on any atom is 0.259 e. The number of aliphatic hydroxyl groups excluding tert-OH is 1. The highest BCUT2D eigenvalue weighted by Gasteiger charge is 2.30. The standard InChI is InChI=1S/C17H16ClNO2/c1-11-5-4-7-13-15(20)9-10-19(16(11)13)17(21)12-6-2-3-8-14(12)18/h2-8,15,20H,9-10H2,1H3. The van der Waals surface area contributed by atoms with E-state index >= 15 is 0 Å². The van der Waals surface area contributed by atoms with Gasteiger partial charge in [0.1, 0.15) is 0 Å². The third kappa shape index (κ3) is 2.43. The van der Waals surface area contributed by atoms with Crippen LogP contribution in [0.1, 0.15) is 34.0 Å². The van der Waals surface area contributed by atoms with Gasteiger partial charge in [0.05, 0.1) is 22.4 Å². The molecule has 108 valence electrons. The summed E-state index contributed by atoms with van der Waals surface area (Å²) in [4.78, 5) is 14.5. The van der Waals surface area contributed by atoms with E-state index in [1.807, 2.05) is 25.1 Å². The molecule has 4 heteroatoms. The molecule has 3 nitrogen and oxygen atoms in total. The monoisotopic (exact) mass is 301 g/mol. The molecule has 1 atom stereocenters. The van der Waals surface area contributed by atoms with E-state index in [-0.39, 0.29) is 5.91 Å². The number of halogens is 1. The number of hydrogen-bond acceptors (Lipinski definition) is 2. The van der Waals surface area contributed by atoms with Crippen LogP contribution >= 0.6 is 11.6 Å². The molecule has 0 fully saturated rings. The van der Waals surface area contributed by atoms with Crippen LogP contribution in [0.4, 0.5) is 5.69 Å². The minimum Gasteiger partial charge on any atom is -0.388 e. The van der Waals surface area contributed by atoms with Crippen LogP contribution in [0.25, 0.3) is 0 Å². The topological polar surface area (TPSA) is 40.5 Å². The van der Waals surface area contributed by atoms with Gasteiger partial charge in [-0.25, -0.2) is 0 Å². The van der Waals surface area contributed by atoms with Crippen molar-refractivity contribution in [3.05, 3.63) is 64.2 Å². The van der Waals surface area contributed by atoms with Crippen molar-refractivity contribution in [1.29, 1.82) is 0 Å². The summed E-state index contributed by atoms with van der Waals surface area (Å²) in [7, 11) is 0. The number of aryl methyl sites for hydroxylation is 1. The summed E-state index contributed by atoms with van der Waals surface area (Å²) in [6, 6.07) is 12.8. The molecule has 2 aromatic rings. The molecule has 0 aliphatic carbocycles. The molecule has 21 heavy (non-hydrogen) atoms. The first-order valence-corrected chi connectivity index (χ1v) is 7.31. The Labute approximate surface area is 128 Å². The van der Waals surface area contributed by atoms with Gasteiger partial charge in [0.15, 0.2) is 0 Å². The fourth-order valence-electron chi connectivity index (χ4n) is 2.82. The van der Waals surface area contributed by atoms with E-state index in [4.69, 9.17) is 11.6 Å². The second kappa shape index (κ2) is 5.51. The quantitative estimate of drug-likeness (QED) is 0.872. The van der Waals surface area contributed by atoms with Crippen LogP contribution in [0.15, 0.2) is 42.5 Å². The van der Waals surface area contributed by atoms with Crippen molar-refractivity contribution >= 4 is 23.2 Å². The average molecular weight is 302 g/mol. The highest BCUT2D eigenvalue weighted by Crippen LogP contribution is 2.37. The summed E-state index contributed by atoms with van der Waals surface area (Å²) in [5.41, 5.74) is 3.08. The van der Waals surface area contributed by atoms with Crippen molar-refractivity contribution in [2.45, 2.75) is 19.4 Å². The summed E-state index contributed by atoms with van der Waals surface area (Å²) in [6.07, 6.45) is 0.0160. The molecule has 1 unspecified atom stereocenters. The van der Waals surface area contributed by atoms with Crippen molar-refractivity contribution in [3.63, 3.8) is 0 Å². The number of aliphatic hydroxyl groups is 1. The third-order valence-corrected chi connectivity index (χ3v) is 4.20. The predicted octanol–water partition coefficient (Wildman–Crippen LogP) is 3.73. The molecule has 0 saturated carbocycles. The van der Waals surface area contributed by atoms with Crippen LogP contribution in [0.3, 0.4) is 0 Å². The van der Waals surface area contributed by atoms with Gasteiger partial charge in [-0.1, -0.05) is 41.9 Å². The van der Waals surface area contributed by atoms with E-state index in [9.17, 15) is 9.90 Å². The lowest BCUT2D eigenvalue weighted by Crippen LogP contribution is -2.37. The number of benzene rings is 2. The second-order valence-corrected chi connectivity index (χ2v) is 5.66. The Hall–Kier alpha value is -1.84. The van der Waals surface area contributed by atoms with Crippen LogP contribution in [-0.2, 0) is 0 Å². The van der Waals surface area contributed by atoms with Crippen LogP contribution in [0, 0.1) is 6.92 Å². The summed E-state index contributed by atoms with van der Waals surface area (Å²) in [5.74, 6) is -0.122. The molecule has 0 bridgehead atoms. The summed E-state index contributed by atoms with van der Waals surface area (Å²) in [5, 5.41) is 10.6. The van der Waals surface area contributed by atoms with Crippen LogP contribution in [-0.4, -0.2) is 17.6 Å². The molecule has 3 rings (SSSR count). The molecular formula is C17H16ClNO2. The number of nitrogens with zero attached hydrogens (tertiary/aromatic N) is 1. The van der Waals surface area contributed by atoms with Crippen LogP contribution < -0.4 is 4.90 Å². The average Bonchev–Trinajstić information content (AvgIpc) is 2.48. The van der Waals surface area contributed by atoms with E-state index in [1.165, 1.54) is 0 Å². The zero-order valence-electron chi connectivity index (χ0n) is 11.7. The first-order valence-electron chi connectivity index (χ1n) is 6.93. The van der Waals surface area contributed by atoms with E-state index in [0.29, 0.717) is 23.6 Å². The third-order valence-electron chi connectivity index (χ3n) is 3.87. The van der Waals surface area contributed by atoms with Gasteiger partial charge >= 0.3 is 0 Å². The molecule has 1 N–H and O–H groups in total. The van der Waals surface area contributed by atoms with Gasteiger partial charge in [-0.05, 0) is 31.0 Å². The lowest BCUT2D eigenvalue weighted by atomic mass is 9.95. The van der Waals surface area contributed by atoms with Crippen LogP contribution in [0.2, 0.25) is 5.02 Å². The summed E-state index contributed by atoms with van der Waals surface area (Å²) in [6.45, 7) is 2.44. The normalized spacial score (nSPS) is 17.5. The molecular weight excluding hydrogens is 286 g/mol. The van der Waals surface area contributed by atoms with E-state index in [1.54, 1.807) is 29.2 Å². The molecule has 1 amide bonds. The number of anilines is 1. The Bertz CT molecular complexity index is 699. The van der Waals surface area contributed by atoms with Crippen LogP contribution in [0.5, 0.6) is 0 Å². The number of rotatable bonds is 1. The van der Waals surface area contributed by atoms with Gasteiger partial charge in [-0.3, -0.25) is 4.79 Å². The molecule has 0 saturated heterocycles. The Balaban J connectivity index is 2.08. The van der Waals surface area contributed by atoms with Gasteiger partial charge in [0.2, 0.25) is 0 Å². The van der Waals surface area contributed by atoms with Gasteiger partial charge in [-0.15, -0.1) is 0 Å². The fourth-order valence-corrected chi connectivity index (χ4v) is 3.04. The van der Waals surface area contributed by atoms with Crippen molar-refractivity contribution in [2.75, 3.05) is 11.4 Å². The second-order valence-electron chi connectivity index (χ2n) is 5.25. The largest absolute Gasteiger partial charge is 0.388 e. The molecule has 1 aliphatic rings. The van der Waals surface area contributed by atoms with Crippen molar-refractivity contribution in [2.24, 2.45) is 0 Å². The molecule has 2 aromatic carbocycles. The highest BCUT2D eigenvalue weighted by molar-refractivity contribution is 6.34. The summed E-state index contributed by atoms with van der Waals surface area (Å²) >= 11 is 6.14. The molecule has 0 radical (unpaired) electrons. The SMILES string of the molecule is Cc1cccc2c1N(C(=O)c1ccccc1Cl)CCC2O. The zero-order chi connectivity index (χ0) is 15.0. The predicted molar refractivity (Wildman–Crippen MR) is 83.9 cm³/mol. The number of carbonyl (C=O) groups is 1. The maximum absolute atomic E-state index is 12.8. The van der Waals surface area contributed by atoms with E-state index in [2.05, 4.69) is 0 Å². The Morgan fingerprint density at radius 1 is 1.24 bits per heavy atom. The van der Waals surface area contributed by atoms with E-state index < -0.39 is 6.10 Å². The first kappa shape index (κ1) is 14.1. The van der Waals surface area contributed by atoms with Gasteiger partial charge in [0.25, 0.3) is 5.91 Å². The van der Waals surface area contributed by atoms with Gasteiger partial charge in [-0.2, -0.15) is 0 Å². The minimum atomic E-state index is -0.518. The number of amides is 1. The van der Waals surface area contributed by atoms with Gasteiger partial charge < -0.3 is 10.0 Å². The number of fused-ring (bicyclic) bond motifs is 1. The first-order chi connectivity index (χ1) is 10.1. The lowest BCUT2D eigenvalue weighted by Gasteiger charge is -2.33. The highest BCUT2D eigenvalue weighted by atomic mass is 35.5. The maximum atomic E-state index is 12.8. The number of carbonyl (C=O) groups excluding carboxylic acids is 1. The number of para-hydroxylation sites is 1. The Kier molecular flexibility index (Phi) is 3.70. The molecule has 0 aromatic heterocycles. The van der Waals surface area contributed by atoms with Crippen molar-refractivity contribution in [3.8, 4) is 0 Å². The zero-order valence-corrected chi connectivity index (χ0v) is 12.5. The summed E-state index contributed by atoms with van der Waals surface area (Å²) < 4.78 is 0. The van der Waals surface area contributed by atoms with Crippen molar-refractivity contribution in [1.82, 2.24) is 0 Å². The minimum absolute atomic E-state index is 0.122. The molecule has 1 aliphatic heterocycles. The fraction of sp³-hybridized carbons (Fsp3) is 0.235. The Morgan fingerprint density at radius 3 is 2.76 bits per heavy atom. The number of hydrogen-bond donors (Lipinski definition) is 1. The lowest BCUT2D eigenvalue weighted by molar-refractivity contribution is 0.0970. The molecule has 0 spiro atoms. The van der Waals surface area contributed by atoms with Gasteiger partial charge in [0, 0.05) is 12.1 Å². The molecule has 1 heterocycles. The van der Waals surface area contributed by atoms with E-state index in [0.717, 1.165) is 16.8 Å². The smallest absolute Gasteiger partial charge is 0.259 e. The van der Waals surface area contributed by atoms with Crippen molar-refractivity contribution < 1.29 is 9.90 Å². The Morgan fingerprint density at radius 2 is 2.00 bits per heavy atom.